The van der Waals surface area contributed by atoms with E-state index in [1.54, 1.807) is 7.11 Å². The molecule has 5 rings (SSSR count). The summed E-state index contributed by atoms with van der Waals surface area (Å²) in [5, 5.41) is 13.9. The first-order chi connectivity index (χ1) is 15.7. The number of amides is 1. The SMILES string of the molecule is COc1cccc(-n2c(SCC(=O)NC3CCCC3)nnc2-c2c[nH]c3ccccc23)c1. The summed E-state index contributed by atoms with van der Waals surface area (Å²) >= 11 is 1.40. The number of H-pyrrole nitrogens is 1. The molecule has 7 nitrogen and oxygen atoms in total. The van der Waals surface area contributed by atoms with Crippen LogP contribution in [0.2, 0.25) is 0 Å². The third kappa shape index (κ3) is 4.10. The highest BCUT2D eigenvalue weighted by Gasteiger charge is 2.21. The zero-order valence-electron chi connectivity index (χ0n) is 17.9. The molecule has 32 heavy (non-hydrogen) atoms. The highest BCUT2D eigenvalue weighted by Crippen LogP contribution is 2.33. The number of carbonyl (C=O) groups excluding carboxylic acids is 1. The Labute approximate surface area is 190 Å². The van der Waals surface area contributed by atoms with Crippen molar-refractivity contribution in [2.75, 3.05) is 12.9 Å². The van der Waals surface area contributed by atoms with E-state index in [2.05, 4.69) is 26.6 Å². The lowest BCUT2D eigenvalue weighted by Gasteiger charge is -2.13. The standard InChI is InChI=1S/C24H25N5O2S/c1-31-18-10-6-9-17(13-18)29-23(20-14-25-21-12-5-4-11-19(20)21)27-28-24(29)32-15-22(30)26-16-7-2-3-8-16/h4-6,9-14,16,25H,2-3,7-8,15H2,1H3,(H,26,30). The number of fused-ring (bicyclic) bond motifs is 1. The van der Waals surface area contributed by atoms with Gasteiger partial charge in [-0.1, -0.05) is 48.9 Å². The van der Waals surface area contributed by atoms with Gasteiger partial charge in [-0.05, 0) is 31.0 Å². The van der Waals surface area contributed by atoms with Crippen LogP contribution in [0.1, 0.15) is 25.7 Å². The van der Waals surface area contributed by atoms with Crippen molar-refractivity contribution in [1.82, 2.24) is 25.1 Å². The molecule has 2 heterocycles. The number of aromatic nitrogens is 4. The van der Waals surface area contributed by atoms with Crippen molar-refractivity contribution in [3.05, 3.63) is 54.7 Å². The van der Waals surface area contributed by atoms with Gasteiger partial charge in [0.2, 0.25) is 5.91 Å². The molecule has 2 aromatic carbocycles. The molecular formula is C24H25N5O2S. The smallest absolute Gasteiger partial charge is 0.230 e. The highest BCUT2D eigenvalue weighted by molar-refractivity contribution is 7.99. The third-order valence-corrected chi connectivity index (χ3v) is 6.76. The van der Waals surface area contributed by atoms with E-state index in [-0.39, 0.29) is 5.91 Å². The van der Waals surface area contributed by atoms with Crippen molar-refractivity contribution in [1.29, 1.82) is 0 Å². The van der Waals surface area contributed by atoms with Gasteiger partial charge < -0.3 is 15.0 Å². The summed E-state index contributed by atoms with van der Waals surface area (Å²) in [6, 6.07) is 16.2. The monoisotopic (exact) mass is 447 g/mol. The molecule has 164 valence electrons. The average Bonchev–Trinajstić information content (AvgIpc) is 3.57. The fourth-order valence-corrected chi connectivity index (χ4v) is 5.01. The molecule has 0 unspecified atom stereocenters. The van der Waals surface area contributed by atoms with E-state index in [9.17, 15) is 4.79 Å². The van der Waals surface area contributed by atoms with Gasteiger partial charge in [-0.2, -0.15) is 0 Å². The molecule has 0 saturated heterocycles. The molecule has 0 bridgehead atoms. The minimum Gasteiger partial charge on any atom is -0.497 e. The minimum absolute atomic E-state index is 0.0377. The van der Waals surface area contributed by atoms with Crippen LogP contribution in [0.15, 0.2) is 59.9 Å². The van der Waals surface area contributed by atoms with Crippen LogP contribution in [0.4, 0.5) is 0 Å². The molecule has 0 aliphatic heterocycles. The first-order valence-corrected chi connectivity index (χ1v) is 11.8. The van der Waals surface area contributed by atoms with Crippen molar-refractivity contribution in [2.45, 2.75) is 36.9 Å². The first kappa shape index (κ1) is 20.6. The van der Waals surface area contributed by atoms with Crippen molar-refractivity contribution in [3.63, 3.8) is 0 Å². The van der Waals surface area contributed by atoms with Crippen LogP contribution in [0.25, 0.3) is 28.0 Å². The summed E-state index contributed by atoms with van der Waals surface area (Å²) in [5.41, 5.74) is 2.87. The fraction of sp³-hybridized carbons (Fsp3) is 0.292. The van der Waals surface area contributed by atoms with Gasteiger partial charge in [0.05, 0.1) is 18.6 Å². The Morgan fingerprint density at radius 2 is 2.03 bits per heavy atom. The number of nitrogens with one attached hydrogen (secondary N) is 2. The second-order valence-electron chi connectivity index (χ2n) is 7.93. The summed E-state index contributed by atoms with van der Waals surface area (Å²) in [5.74, 6) is 1.80. The molecule has 1 aliphatic rings. The van der Waals surface area contributed by atoms with Crippen molar-refractivity contribution in [2.24, 2.45) is 0 Å². The summed E-state index contributed by atoms with van der Waals surface area (Å²) in [7, 11) is 1.65. The van der Waals surface area contributed by atoms with Crippen LogP contribution in [0.3, 0.4) is 0 Å². The van der Waals surface area contributed by atoms with Gasteiger partial charge >= 0.3 is 0 Å². The van der Waals surface area contributed by atoms with Crippen LogP contribution < -0.4 is 10.1 Å². The largest absolute Gasteiger partial charge is 0.497 e. The normalized spacial score (nSPS) is 14.2. The van der Waals surface area contributed by atoms with E-state index in [0.717, 1.165) is 46.6 Å². The Morgan fingerprint density at radius 3 is 2.88 bits per heavy atom. The van der Waals surface area contributed by atoms with E-state index in [1.807, 2.05) is 53.2 Å². The number of para-hydroxylation sites is 1. The minimum atomic E-state index is 0.0377. The van der Waals surface area contributed by atoms with E-state index in [4.69, 9.17) is 4.74 Å². The number of carbonyl (C=O) groups is 1. The number of ether oxygens (including phenoxy) is 1. The second-order valence-corrected chi connectivity index (χ2v) is 8.87. The van der Waals surface area contributed by atoms with E-state index in [0.29, 0.717) is 17.0 Å². The molecule has 4 aromatic rings. The Balaban J connectivity index is 1.50. The molecular weight excluding hydrogens is 422 g/mol. The molecule has 8 heteroatoms. The number of methoxy groups -OCH3 is 1. The van der Waals surface area contributed by atoms with Crippen LogP contribution in [-0.4, -0.2) is 44.6 Å². The number of aromatic amines is 1. The Kier molecular flexibility index (Phi) is 5.85. The quantitative estimate of drug-likeness (QED) is 0.405. The molecule has 2 aromatic heterocycles. The lowest BCUT2D eigenvalue weighted by Crippen LogP contribution is -2.33. The van der Waals surface area contributed by atoms with Gasteiger partial charge in [-0.3, -0.25) is 9.36 Å². The Bertz CT molecular complexity index is 1240. The van der Waals surface area contributed by atoms with Crippen LogP contribution in [-0.2, 0) is 4.79 Å². The lowest BCUT2D eigenvalue weighted by molar-refractivity contribution is -0.119. The summed E-state index contributed by atoms with van der Waals surface area (Å²) < 4.78 is 7.43. The van der Waals surface area contributed by atoms with E-state index >= 15 is 0 Å². The van der Waals surface area contributed by atoms with Crippen LogP contribution >= 0.6 is 11.8 Å². The number of thioether (sulfide) groups is 1. The summed E-state index contributed by atoms with van der Waals surface area (Å²) in [6.07, 6.45) is 6.47. The number of rotatable bonds is 7. The lowest BCUT2D eigenvalue weighted by atomic mass is 10.1. The number of benzene rings is 2. The predicted molar refractivity (Wildman–Crippen MR) is 126 cm³/mol. The molecule has 0 spiro atoms. The van der Waals surface area contributed by atoms with Gasteiger partial charge in [-0.15, -0.1) is 10.2 Å². The maximum absolute atomic E-state index is 12.5. The summed E-state index contributed by atoms with van der Waals surface area (Å²) in [6.45, 7) is 0. The Morgan fingerprint density at radius 1 is 1.19 bits per heavy atom. The first-order valence-electron chi connectivity index (χ1n) is 10.8. The molecule has 0 atom stereocenters. The zero-order valence-corrected chi connectivity index (χ0v) is 18.7. The molecule has 1 amide bonds. The number of hydrogen-bond donors (Lipinski definition) is 2. The number of nitrogens with zero attached hydrogens (tertiary/aromatic N) is 3. The average molecular weight is 448 g/mol. The molecule has 0 radical (unpaired) electrons. The van der Waals surface area contributed by atoms with Gasteiger partial charge in [-0.25, -0.2) is 0 Å². The van der Waals surface area contributed by atoms with Crippen LogP contribution in [0.5, 0.6) is 5.75 Å². The Hall–Kier alpha value is -3.26. The van der Waals surface area contributed by atoms with Crippen molar-refractivity contribution >= 4 is 28.6 Å². The van der Waals surface area contributed by atoms with Crippen molar-refractivity contribution < 1.29 is 9.53 Å². The van der Waals surface area contributed by atoms with E-state index in [1.165, 1.54) is 24.6 Å². The molecule has 1 saturated carbocycles. The molecule has 2 N–H and O–H groups in total. The predicted octanol–water partition coefficient (Wildman–Crippen LogP) is 4.58. The topological polar surface area (TPSA) is 84.8 Å². The maximum Gasteiger partial charge on any atom is 0.230 e. The van der Waals surface area contributed by atoms with Gasteiger partial charge in [0.15, 0.2) is 11.0 Å². The van der Waals surface area contributed by atoms with Gasteiger partial charge in [0.25, 0.3) is 0 Å². The van der Waals surface area contributed by atoms with Crippen molar-refractivity contribution in [3.8, 4) is 22.8 Å². The molecule has 1 fully saturated rings. The van der Waals surface area contributed by atoms with Gasteiger partial charge in [0, 0.05) is 34.8 Å². The maximum atomic E-state index is 12.5. The fourth-order valence-electron chi connectivity index (χ4n) is 4.25. The second kappa shape index (κ2) is 9.08. The number of hydrogen-bond acceptors (Lipinski definition) is 5. The molecule has 1 aliphatic carbocycles. The van der Waals surface area contributed by atoms with E-state index < -0.39 is 0 Å². The summed E-state index contributed by atoms with van der Waals surface area (Å²) in [4.78, 5) is 15.8. The third-order valence-electron chi connectivity index (χ3n) is 5.83. The van der Waals surface area contributed by atoms with Crippen LogP contribution in [0, 0.1) is 0 Å². The highest BCUT2D eigenvalue weighted by atomic mass is 32.2. The van der Waals surface area contributed by atoms with Gasteiger partial charge in [0.1, 0.15) is 5.75 Å². The zero-order chi connectivity index (χ0) is 21.9.